The highest BCUT2D eigenvalue weighted by atomic mass is 16.5. The largest absolute Gasteiger partial charge is 0.385 e. The van der Waals surface area contributed by atoms with E-state index in [1.165, 1.54) is 0 Å². The second-order valence-corrected chi connectivity index (χ2v) is 4.22. The van der Waals surface area contributed by atoms with Crippen molar-refractivity contribution in [1.82, 2.24) is 14.9 Å². The maximum atomic E-state index is 5.07. The molecule has 0 atom stereocenters. The Morgan fingerprint density at radius 3 is 2.53 bits per heavy atom. The molecule has 17 heavy (non-hydrogen) atoms. The van der Waals surface area contributed by atoms with Crippen LogP contribution in [0.3, 0.4) is 0 Å². The number of methoxy groups -OCH3 is 1. The molecule has 1 aromatic rings. The highest BCUT2D eigenvalue weighted by molar-refractivity contribution is 5.29. The minimum absolute atomic E-state index is 0.849. The van der Waals surface area contributed by atoms with Crippen LogP contribution in [0.5, 0.6) is 0 Å². The van der Waals surface area contributed by atoms with Crippen molar-refractivity contribution in [3.05, 3.63) is 18.5 Å². The Morgan fingerprint density at radius 2 is 1.88 bits per heavy atom. The van der Waals surface area contributed by atoms with Crippen molar-refractivity contribution in [2.45, 2.75) is 6.42 Å². The van der Waals surface area contributed by atoms with Gasteiger partial charge in [-0.3, -0.25) is 4.90 Å². The number of rotatable bonds is 5. The first-order valence-electron chi connectivity index (χ1n) is 6.13. The Balaban J connectivity index is 1.74. The molecule has 0 bridgehead atoms. The standard InChI is InChI=1S/C12H20N4O/c1-17-11-3-6-15-7-9-16(10-8-15)12-13-4-2-5-14-12/h2,4-5H,3,6-11H2,1H3. The molecule has 1 aromatic heterocycles. The Labute approximate surface area is 102 Å². The third-order valence-electron chi connectivity index (χ3n) is 3.03. The van der Waals surface area contributed by atoms with Crippen molar-refractivity contribution >= 4 is 5.95 Å². The highest BCUT2D eigenvalue weighted by Gasteiger charge is 2.17. The van der Waals surface area contributed by atoms with E-state index in [0.717, 1.165) is 51.7 Å². The zero-order chi connectivity index (χ0) is 11.9. The number of hydrogen-bond acceptors (Lipinski definition) is 5. The van der Waals surface area contributed by atoms with E-state index in [9.17, 15) is 0 Å². The Bertz CT molecular complexity index is 312. The number of nitrogens with zero attached hydrogens (tertiary/aromatic N) is 4. The molecule has 0 unspecified atom stereocenters. The second-order valence-electron chi connectivity index (χ2n) is 4.22. The molecule has 94 valence electrons. The summed E-state index contributed by atoms with van der Waals surface area (Å²) in [7, 11) is 1.75. The molecule has 0 aliphatic carbocycles. The lowest BCUT2D eigenvalue weighted by atomic mass is 10.3. The molecule has 0 spiro atoms. The van der Waals surface area contributed by atoms with E-state index in [4.69, 9.17) is 4.74 Å². The highest BCUT2D eigenvalue weighted by Crippen LogP contribution is 2.09. The third-order valence-corrected chi connectivity index (χ3v) is 3.03. The van der Waals surface area contributed by atoms with Crippen LogP contribution < -0.4 is 4.90 Å². The molecule has 0 N–H and O–H groups in total. The van der Waals surface area contributed by atoms with Crippen molar-refractivity contribution in [1.29, 1.82) is 0 Å². The molecule has 0 saturated carbocycles. The van der Waals surface area contributed by atoms with Gasteiger partial charge < -0.3 is 9.64 Å². The summed E-state index contributed by atoms with van der Waals surface area (Å²) in [4.78, 5) is 13.3. The van der Waals surface area contributed by atoms with Gasteiger partial charge in [-0.25, -0.2) is 9.97 Å². The van der Waals surface area contributed by atoms with E-state index in [1.807, 2.05) is 6.07 Å². The lowest BCUT2D eigenvalue weighted by Gasteiger charge is -2.34. The normalized spacial score (nSPS) is 17.4. The molecule has 1 fully saturated rings. The first-order chi connectivity index (χ1) is 8.40. The number of piperazine rings is 1. The quantitative estimate of drug-likeness (QED) is 0.702. The average Bonchev–Trinajstić information content (AvgIpc) is 2.41. The van der Waals surface area contributed by atoms with Crippen LogP contribution in [0, 0.1) is 0 Å². The topological polar surface area (TPSA) is 41.5 Å². The molecule has 1 aliphatic heterocycles. The Kier molecular flexibility index (Phi) is 4.70. The average molecular weight is 236 g/mol. The molecule has 0 amide bonds. The van der Waals surface area contributed by atoms with Crippen molar-refractivity contribution < 1.29 is 4.74 Å². The molecule has 5 nitrogen and oxygen atoms in total. The fraction of sp³-hybridized carbons (Fsp3) is 0.667. The smallest absolute Gasteiger partial charge is 0.225 e. The molecule has 1 aliphatic rings. The molecular formula is C12H20N4O. The lowest BCUT2D eigenvalue weighted by Crippen LogP contribution is -2.47. The molecular weight excluding hydrogens is 216 g/mol. The van der Waals surface area contributed by atoms with Gasteiger partial charge in [-0.2, -0.15) is 0 Å². The monoisotopic (exact) mass is 236 g/mol. The van der Waals surface area contributed by atoms with E-state index < -0.39 is 0 Å². The van der Waals surface area contributed by atoms with Gasteiger partial charge in [-0.1, -0.05) is 0 Å². The van der Waals surface area contributed by atoms with Crippen molar-refractivity contribution in [2.24, 2.45) is 0 Å². The number of ether oxygens (including phenoxy) is 1. The zero-order valence-electron chi connectivity index (χ0n) is 10.4. The summed E-state index contributed by atoms with van der Waals surface area (Å²) in [5, 5.41) is 0. The van der Waals surface area contributed by atoms with E-state index in [1.54, 1.807) is 19.5 Å². The van der Waals surface area contributed by atoms with Gasteiger partial charge >= 0.3 is 0 Å². The molecule has 1 saturated heterocycles. The van der Waals surface area contributed by atoms with Crippen LogP contribution in [0.1, 0.15) is 6.42 Å². The fourth-order valence-corrected chi connectivity index (χ4v) is 2.06. The van der Waals surface area contributed by atoms with Gasteiger partial charge in [0.25, 0.3) is 0 Å². The number of hydrogen-bond donors (Lipinski definition) is 0. The van der Waals surface area contributed by atoms with Gasteiger partial charge in [0.2, 0.25) is 5.95 Å². The van der Waals surface area contributed by atoms with E-state index >= 15 is 0 Å². The van der Waals surface area contributed by atoms with Crippen LogP contribution in [0.15, 0.2) is 18.5 Å². The van der Waals surface area contributed by atoms with Crippen molar-refractivity contribution in [3.8, 4) is 0 Å². The first kappa shape index (κ1) is 12.3. The van der Waals surface area contributed by atoms with Crippen molar-refractivity contribution in [2.75, 3.05) is 51.3 Å². The first-order valence-corrected chi connectivity index (χ1v) is 6.13. The summed E-state index contributed by atoms with van der Waals surface area (Å²) in [6, 6.07) is 1.85. The summed E-state index contributed by atoms with van der Waals surface area (Å²) in [6.45, 7) is 6.16. The van der Waals surface area contributed by atoms with Gasteiger partial charge in [0.1, 0.15) is 0 Å². The van der Waals surface area contributed by atoms with Crippen LogP contribution in [-0.4, -0.2) is 61.3 Å². The Hall–Kier alpha value is -1.20. The van der Waals surface area contributed by atoms with Crippen LogP contribution in [0.25, 0.3) is 0 Å². The Morgan fingerprint density at radius 1 is 1.18 bits per heavy atom. The van der Waals surface area contributed by atoms with Gasteiger partial charge in [0.05, 0.1) is 0 Å². The summed E-state index contributed by atoms with van der Waals surface area (Å²) >= 11 is 0. The van der Waals surface area contributed by atoms with E-state index in [2.05, 4.69) is 19.8 Å². The van der Waals surface area contributed by atoms with Gasteiger partial charge in [-0.05, 0) is 12.5 Å². The molecule has 2 heterocycles. The molecule has 0 radical (unpaired) electrons. The maximum Gasteiger partial charge on any atom is 0.225 e. The van der Waals surface area contributed by atoms with E-state index in [-0.39, 0.29) is 0 Å². The summed E-state index contributed by atoms with van der Waals surface area (Å²) in [6.07, 6.45) is 4.71. The van der Waals surface area contributed by atoms with Crippen LogP contribution in [0.2, 0.25) is 0 Å². The summed E-state index contributed by atoms with van der Waals surface area (Å²) in [5.74, 6) is 0.851. The minimum Gasteiger partial charge on any atom is -0.385 e. The van der Waals surface area contributed by atoms with Gasteiger partial charge in [-0.15, -0.1) is 0 Å². The predicted octanol–water partition coefficient (Wildman–Crippen LogP) is 0.635. The maximum absolute atomic E-state index is 5.07. The van der Waals surface area contributed by atoms with E-state index in [0.29, 0.717) is 0 Å². The number of aromatic nitrogens is 2. The SMILES string of the molecule is COCCCN1CCN(c2ncccn2)CC1. The predicted molar refractivity (Wildman–Crippen MR) is 67.2 cm³/mol. The summed E-state index contributed by atoms with van der Waals surface area (Å²) < 4.78 is 5.07. The number of anilines is 1. The molecule has 2 rings (SSSR count). The third kappa shape index (κ3) is 3.64. The van der Waals surface area contributed by atoms with Crippen LogP contribution in [0.4, 0.5) is 5.95 Å². The fourth-order valence-electron chi connectivity index (χ4n) is 2.06. The summed E-state index contributed by atoms with van der Waals surface area (Å²) in [5.41, 5.74) is 0. The van der Waals surface area contributed by atoms with Crippen LogP contribution >= 0.6 is 0 Å². The van der Waals surface area contributed by atoms with Crippen molar-refractivity contribution in [3.63, 3.8) is 0 Å². The molecule has 5 heteroatoms. The van der Waals surface area contributed by atoms with Crippen LogP contribution in [-0.2, 0) is 4.74 Å². The lowest BCUT2D eigenvalue weighted by molar-refractivity contribution is 0.168. The van der Waals surface area contributed by atoms with Gasteiger partial charge in [0.15, 0.2) is 0 Å². The van der Waals surface area contributed by atoms with Gasteiger partial charge in [0, 0.05) is 58.8 Å². The second kappa shape index (κ2) is 6.51. The molecule has 0 aromatic carbocycles. The minimum atomic E-state index is 0.849. The zero-order valence-corrected chi connectivity index (χ0v) is 10.4.